The van der Waals surface area contributed by atoms with Gasteiger partial charge >= 0.3 is 0 Å². The maximum Gasteiger partial charge on any atom is 0.243 e. The SMILES string of the molecule is CCOc1cccc(NC(=O)CNc2cccc(C)c2C)c1. The molecule has 0 saturated heterocycles. The molecular formula is C18H22N2O2. The Balaban J connectivity index is 1.93. The van der Waals surface area contributed by atoms with Gasteiger partial charge in [-0.1, -0.05) is 18.2 Å². The summed E-state index contributed by atoms with van der Waals surface area (Å²) in [5.41, 5.74) is 4.08. The van der Waals surface area contributed by atoms with Gasteiger partial charge in [-0.3, -0.25) is 4.79 Å². The number of aryl methyl sites for hydroxylation is 1. The highest BCUT2D eigenvalue weighted by atomic mass is 16.5. The van der Waals surface area contributed by atoms with Gasteiger partial charge in [-0.05, 0) is 50.1 Å². The van der Waals surface area contributed by atoms with Gasteiger partial charge in [0.05, 0.1) is 13.2 Å². The van der Waals surface area contributed by atoms with Crippen LogP contribution in [0.1, 0.15) is 18.1 Å². The third kappa shape index (κ3) is 4.25. The zero-order valence-corrected chi connectivity index (χ0v) is 13.3. The quantitative estimate of drug-likeness (QED) is 0.854. The molecule has 22 heavy (non-hydrogen) atoms. The van der Waals surface area contributed by atoms with Gasteiger partial charge in [0.2, 0.25) is 5.91 Å². The molecule has 0 atom stereocenters. The van der Waals surface area contributed by atoms with E-state index in [0.29, 0.717) is 6.61 Å². The molecule has 4 heteroatoms. The van der Waals surface area contributed by atoms with E-state index in [4.69, 9.17) is 4.74 Å². The van der Waals surface area contributed by atoms with Gasteiger partial charge in [-0.15, -0.1) is 0 Å². The van der Waals surface area contributed by atoms with Crippen molar-refractivity contribution in [3.8, 4) is 5.75 Å². The fourth-order valence-electron chi connectivity index (χ4n) is 2.15. The van der Waals surface area contributed by atoms with Crippen LogP contribution in [0.2, 0.25) is 0 Å². The van der Waals surface area contributed by atoms with Crippen LogP contribution in [0.3, 0.4) is 0 Å². The molecule has 0 fully saturated rings. The molecule has 0 saturated carbocycles. The fourth-order valence-corrected chi connectivity index (χ4v) is 2.15. The average molecular weight is 298 g/mol. The molecule has 0 aliphatic rings. The first kappa shape index (κ1) is 15.9. The number of ether oxygens (including phenoxy) is 1. The highest BCUT2D eigenvalue weighted by Crippen LogP contribution is 2.19. The third-order valence-corrected chi connectivity index (χ3v) is 3.47. The molecule has 0 spiro atoms. The van der Waals surface area contributed by atoms with Gasteiger partial charge in [-0.25, -0.2) is 0 Å². The molecule has 2 N–H and O–H groups in total. The summed E-state index contributed by atoms with van der Waals surface area (Å²) < 4.78 is 5.42. The second kappa shape index (κ2) is 7.50. The zero-order valence-electron chi connectivity index (χ0n) is 13.3. The third-order valence-electron chi connectivity index (χ3n) is 3.47. The van der Waals surface area contributed by atoms with Gasteiger partial charge in [-0.2, -0.15) is 0 Å². The molecule has 4 nitrogen and oxygen atoms in total. The summed E-state index contributed by atoms with van der Waals surface area (Å²) in [6, 6.07) is 13.4. The number of carbonyl (C=O) groups is 1. The monoisotopic (exact) mass is 298 g/mol. The molecule has 2 aromatic rings. The molecular weight excluding hydrogens is 276 g/mol. The Bertz CT molecular complexity index is 653. The van der Waals surface area contributed by atoms with Gasteiger partial charge in [0.1, 0.15) is 5.75 Å². The molecule has 0 aliphatic heterocycles. The first-order chi connectivity index (χ1) is 10.6. The first-order valence-corrected chi connectivity index (χ1v) is 7.43. The lowest BCUT2D eigenvalue weighted by Crippen LogP contribution is -2.22. The van der Waals surface area contributed by atoms with Gasteiger partial charge < -0.3 is 15.4 Å². The zero-order chi connectivity index (χ0) is 15.9. The van der Waals surface area contributed by atoms with Gasteiger partial charge in [0.15, 0.2) is 0 Å². The number of benzene rings is 2. The second-order valence-corrected chi connectivity index (χ2v) is 5.11. The summed E-state index contributed by atoms with van der Waals surface area (Å²) in [6.45, 7) is 6.86. The minimum atomic E-state index is -0.0884. The van der Waals surface area contributed by atoms with Crippen LogP contribution in [0.4, 0.5) is 11.4 Å². The fraction of sp³-hybridized carbons (Fsp3) is 0.278. The van der Waals surface area contributed by atoms with Crippen molar-refractivity contribution in [2.75, 3.05) is 23.8 Å². The van der Waals surface area contributed by atoms with Crippen molar-refractivity contribution in [1.29, 1.82) is 0 Å². The van der Waals surface area contributed by atoms with Crippen molar-refractivity contribution in [2.24, 2.45) is 0 Å². The maximum absolute atomic E-state index is 12.0. The van der Waals surface area contributed by atoms with Crippen LogP contribution in [0, 0.1) is 13.8 Å². The predicted octanol–water partition coefficient (Wildman–Crippen LogP) is 3.75. The minimum absolute atomic E-state index is 0.0884. The number of rotatable bonds is 6. The highest BCUT2D eigenvalue weighted by molar-refractivity contribution is 5.94. The van der Waals surface area contributed by atoms with Crippen molar-refractivity contribution in [3.63, 3.8) is 0 Å². The standard InChI is InChI=1S/C18H22N2O2/c1-4-22-16-9-6-8-15(11-16)20-18(21)12-19-17-10-5-7-13(2)14(17)3/h5-11,19H,4,12H2,1-3H3,(H,20,21). The van der Waals surface area contributed by atoms with E-state index in [9.17, 15) is 4.79 Å². The highest BCUT2D eigenvalue weighted by Gasteiger charge is 2.05. The molecule has 0 bridgehead atoms. The van der Waals surface area contributed by atoms with Crippen LogP contribution in [0.15, 0.2) is 42.5 Å². The average Bonchev–Trinajstić information content (AvgIpc) is 2.49. The lowest BCUT2D eigenvalue weighted by atomic mass is 10.1. The van der Waals surface area contributed by atoms with E-state index >= 15 is 0 Å². The normalized spacial score (nSPS) is 10.1. The van der Waals surface area contributed by atoms with Crippen molar-refractivity contribution in [1.82, 2.24) is 0 Å². The van der Waals surface area contributed by atoms with E-state index < -0.39 is 0 Å². The summed E-state index contributed by atoms with van der Waals surface area (Å²) in [5.74, 6) is 0.664. The molecule has 0 radical (unpaired) electrons. The number of hydrogen-bond donors (Lipinski definition) is 2. The molecule has 0 heterocycles. The smallest absolute Gasteiger partial charge is 0.243 e. The van der Waals surface area contributed by atoms with Crippen LogP contribution in [0.25, 0.3) is 0 Å². The lowest BCUT2D eigenvalue weighted by molar-refractivity contribution is -0.114. The summed E-state index contributed by atoms with van der Waals surface area (Å²) in [5, 5.41) is 6.03. The largest absolute Gasteiger partial charge is 0.494 e. The van der Waals surface area contributed by atoms with Crippen LogP contribution in [0.5, 0.6) is 5.75 Å². The van der Waals surface area contributed by atoms with Gasteiger partial charge in [0, 0.05) is 17.4 Å². The van der Waals surface area contributed by atoms with Crippen LogP contribution >= 0.6 is 0 Å². The molecule has 0 aliphatic carbocycles. The van der Waals surface area contributed by atoms with E-state index in [1.54, 1.807) is 0 Å². The lowest BCUT2D eigenvalue weighted by Gasteiger charge is -2.12. The Morgan fingerprint density at radius 2 is 1.91 bits per heavy atom. The van der Waals surface area contributed by atoms with E-state index in [0.717, 1.165) is 22.7 Å². The molecule has 0 aromatic heterocycles. The Hall–Kier alpha value is -2.49. The first-order valence-electron chi connectivity index (χ1n) is 7.43. The topological polar surface area (TPSA) is 50.4 Å². The maximum atomic E-state index is 12.0. The Morgan fingerprint density at radius 3 is 2.68 bits per heavy atom. The molecule has 2 rings (SSSR count). The van der Waals surface area contributed by atoms with Crippen LogP contribution in [-0.2, 0) is 4.79 Å². The second-order valence-electron chi connectivity index (χ2n) is 5.11. The molecule has 2 aromatic carbocycles. The van der Waals surface area contributed by atoms with Crippen molar-refractivity contribution < 1.29 is 9.53 Å². The van der Waals surface area contributed by atoms with Crippen molar-refractivity contribution >= 4 is 17.3 Å². The number of amides is 1. The predicted molar refractivity (Wildman–Crippen MR) is 90.6 cm³/mol. The number of hydrogen-bond acceptors (Lipinski definition) is 3. The number of nitrogens with one attached hydrogen (secondary N) is 2. The van der Waals surface area contributed by atoms with E-state index in [-0.39, 0.29) is 12.5 Å². The summed E-state index contributed by atoms with van der Waals surface area (Å²) >= 11 is 0. The number of anilines is 2. The minimum Gasteiger partial charge on any atom is -0.494 e. The van der Waals surface area contributed by atoms with Crippen molar-refractivity contribution in [3.05, 3.63) is 53.6 Å². The molecule has 0 unspecified atom stereocenters. The Kier molecular flexibility index (Phi) is 5.42. The van der Waals surface area contributed by atoms with E-state index in [2.05, 4.69) is 23.6 Å². The van der Waals surface area contributed by atoms with Gasteiger partial charge in [0.25, 0.3) is 0 Å². The summed E-state index contributed by atoms with van der Waals surface area (Å²) in [4.78, 5) is 12.0. The summed E-state index contributed by atoms with van der Waals surface area (Å²) in [6.07, 6.45) is 0. The Morgan fingerprint density at radius 1 is 1.14 bits per heavy atom. The molecule has 116 valence electrons. The van der Waals surface area contributed by atoms with Crippen LogP contribution in [-0.4, -0.2) is 19.1 Å². The van der Waals surface area contributed by atoms with E-state index in [1.807, 2.05) is 50.2 Å². The number of carbonyl (C=O) groups excluding carboxylic acids is 1. The Labute approximate surface area is 131 Å². The molecule has 1 amide bonds. The van der Waals surface area contributed by atoms with E-state index in [1.165, 1.54) is 5.56 Å². The summed E-state index contributed by atoms with van der Waals surface area (Å²) in [7, 11) is 0. The van der Waals surface area contributed by atoms with Crippen molar-refractivity contribution in [2.45, 2.75) is 20.8 Å². The van der Waals surface area contributed by atoms with Crippen LogP contribution < -0.4 is 15.4 Å².